The zero-order chi connectivity index (χ0) is 13.1. The van der Waals surface area contributed by atoms with Crippen molar-refractivity contribution in [2.45, 2.75) is 0 Å². The van der Waals surface area contributed by atoms with E-state index in [4.69, 9.17) is 51.4 Å². The molecule has 2 aromatic carbocycles. The third kappa shape index (κ3) is 3.15. The van der Waals surface area contributed by atoms with Crippen molar-refractivity contribution in [3.05, 3.63) is 51.5 Å². The van der Waals surface area contributed by atoms with E-state index in [1.807, 2.05) is 0 Å². The van der Waals surface area contributed by atoms with E-state index in [1.165, 1.54) is 6.07 Å². The second-order valence-corrected chi connectivity index (χ2v) is 4.78. The predicted octanol–water partition coefficient (Wildman–Crippen LogP) is 5.97. The summed E-state index contributed by atoms with van der Waals surface area (Å²) in [6.45, 7) is 0. The minimum Gasteiger partial charge on any atom is -0.452 e. The fraction of sp³-hybridized carbons (Fsp3) is 0. The smallest absolute Gasteiger partial charge is 0.190 e. The number of benzene rings is 2. The summed E-state index contributed by atoms with van der Waals surface area (Å²) in [6, 6.07) is 9.71. The molecule has 0 N–H and O–H groups in total. The number of hydrogen-bond acceptors (Lipinski definition) is 2. The van der Waals surface area contributed by atoms with Crippen LogP contribution in [0.15, 0.2) is 36.4 Å². The largest absolute Gasteiger partial charge is 0.452 e. The Balaban J connectivity index is 2.33. The van der Waals surface area contributed by atoms with Crippen molar-refractivity contribution in [2.24, 2.45) is 0 Å². The monoisotopic (exact) mass is 322 g/mol. The van der Waals surface area contributed by atoms with Crippen LogP contribution in [-0.2, 0) is 0 Å². The van der Waals surface area contributed by atoms with Crippen molar-refractivity contribution in [2.75, 3.05) is 0 Å². The Hall–Kier alpha value is -0.800. The summed E-state index contributed by atoms with van der Waals surface area (Å²) in [6.07, 6.45) is 0. The first kappa shape index (κ1) is 13.6. The van der Waals surface area contributed by atoms with Gasteiger partial charge in [0.15, 0.2) is 11.5 Å². The van der Waals surface area contributed by atoms with Gasteiger partial charge in [0.1, 0.15) is 17.6 Å². The highest BCUT2D eigenvalue weighted by atomic mass is 35.5. The highest BCUT2D eigenvalue weighted by molar-refractivity contribution is 6.35. The minimum absolute atomic E-state index is 0.301. The van der Waals surface area contributed by atoms with Gasteiger partial charge in [0, 0.05) is 16.1 Å². The molecule has 0 aliphatic rings. The maximum Gasteiger partial charge on any atom is 0.190 e. The van der Waals surface area contributed by atoms with Gasteiger partial charge in [-0.15, -0.1) is 0 Å². The SMILES string of the molecule is ClOc1cc(Cl)ccc1Oc1ccc(Cl)cc1Cl. The first-order valence-corrected chi connectivity index (χ1v) is 6.25. The summed E-state index contributed by atoms with van der Waals surface area (Å²) >= 11 is 22.9. The van der Waals surface area contributed by atoms with Gasteiger partial charge in [0.2, 0.25) is 0 Å². The summed E-state index contributed by atoms with van der Waals surface area (Å²) in [5, 5.41) is 1.40. The zero-order valence-corrected chi connectivity index (χ0v) is 11.8. The van der Waals surface area contributed by atoms with Gasteiger partial charge in [-0.3, -0.25) is 0 Å². The molecular weight excluding hydrogens is 318 g/mol. The lowest BCUT2D eigenvalue weighted by Gasteiger charge is -2.10. The van der Waals surface area contributed by atoms with E-state index < -0.39 is 0 Å². The second kappa shape index (κ2) is 5.89. The molecule has 0 bridgehead atoms. The average Bonchev–Trinajstić information content (AvgIpc) is 2.34. The Bertz CT molecular complexity index is 572. The first-order chi connectivity index (χ1) is 8.60. The summed E-state index contributed by atoms with van der Waals surface area (Å²) in [4.78, 5) is 0. The van der Waals surface area contributed by atoms with Crippen LogP contribution in [0.1, 0.15) is 0 Å². The topological polar surface area (TPSA) is 18.5 Å². The third-order valence-corrected chi connectivity index (χ3v) is 3.03. The van der Waals surface area contributed by atoms with Crippen LogP contribution in [0.4, 0.5) is 0 Å². The molecule has 6 heteroatoms. The Morgan fingerprint density at radius 1 is 0.722 bits per heavy atom. The van der Waals surface area contributed by atoms with Crippen LogP contribution < -0.4 is 9.03 Å². The minimum atomic E-state index is 0.301. The standard InChI is InChI=1S/C12H6Cl4O2/c13-7-1-3-10(9(15)5-7)17-11-4-2-8(14)6-12(11)18-16/h1-6H. The maximum atomic E-state index is 6.00. The van der Waals surface area contributed by atoms with E-state index in [0.717, 1.165) is 0 Å². The van der Waals surface area contributed by atoms with Crippen LogP contribution in [-0.4, -0.2) is 0 Å². The molecule has 94 valence electrons. The zero-order valence-electron chi connectivity index (χ0n) is 8.79. The molecule has 18 heavy (non-hydrogen) atoms. The average molecular weight is 324 g/mol. The van der Waals surface area contributed by atoms with Gasteiger partial charge in [0.25, 0.3) is 0 Å². The Kier molecular flexibility index (Phi) is 4.46. The van der Waals surface area contributed by atoms with E-state index in [2.05, 4.69) is 4.29 Å². The fourth-order valence-corrected chi connectivity index (χ4v) is 2.03. The molecule has 2 aromatic rings. The van der Waals surface area contributed by atoms with Gasteiger partial charge in [-0.1, -0.05) is 34.8 Å². The molecule has 0 atom stereocenters. The predicted molar refractivity (Wildman–Crippen MR) is 74.5 cm³/mol. The summed E-state index contributed by atoms with van der Waals surface area (Å²) in [5.74, 6) is 1.15. The van der Waals surface area contributed by atoms with Gasteiger partial charge in [-0.25, -0.2) is 0 Å². The van der Waals surface area contributed by atoms with Gasteiger partial charge in [-0.05, 0) is 30.3 Å². The highest BCUT2D eigenvalue weighted by Gasteiger charge is 2.10. The van der Waals surface area contributed by atoms with Crippen molar-refractivity contribution in [1.82, 2.24) is 0 Å². The van der Waals surface area contributed by atoms with E-state index in [1.54, 1.807) is 30.3 Å². The van der Waals surface area contributed by atoms with Crippen LogP contribution in [0.5, 0.6) is 17.2 Å². The lowest BCUT2D eigenvalue weighted by atomic mass is 10.3. The van der Waals surface area contributed by atoms with Gasteiger partial charge >= 0.3 is 0 Å². The summed E-state index contributed by atoms with van der Waals surface area (Å²) < 4.78 is 10.2. The quantitative estimate of drug-likeness (QED) is 0.692. The lowest BCUT2D eigenvalue weighted by molar-refractivity contribution is 0.456. The number of ether oxygens (including phenoxy) is 1. The molecule has 0 aliphatic carbocycles. The van der Waals surface area contributed by atoms with Crippen LogP contribution in [0.2, 0.25) is 15.1 Å². The molecule has 0 spiro atoms. The van der Waals surface area contributed by atoms with Crippen molar-refractivity contribution in [3.8, 4) is 17.2 Å². The van der Waals surface area contributed by atoms with Crippen molar-refractivity contribution in [3.63, 3.8) is 0 Å². The Morgan fingerprint density at radius 2 is 1.33 bits per heavy atom. The molecule has 2 nitrogen and oxygen atoms in total. The maximum absolute atomic E-state index is 6.00. The molecule has 0 amide bonds. The number of hydrogen-bond donors (Lipinski definition) is 0. The Morgan fingerprint density at radius 3 is 1.94 bits per heavy atom. The number of halogens is 4. The molecule has 0 saturated heterocycles. The van der Waals surface area contributed by atoms with E-state index in [9.17, 15) is 0 Å². The lowest BCUT2D eigenvalue weighted by Crippen LogP contribution is -1.88. The summed E-state index contributed by atoms with van der Waals surface area (Å²) in [5.41, 5.74) is 0. The number of rotatable bonds is 3. The van der Waals surface area contributed by atoms with Crippen LogP contribution >= 0.6 is 46.7 Å². The molecular formula is C12H6Cl4O2. The van der Waals surface area contributed by atoms with Crippen molar-refractivity contribution in [1.29, 1.82) is 0 Å². The van der Waals surface area contributed by atoms with E-state index >= 15 is 0 Å². The second-order valence-electron chi connectivity index (χ2n) is 3.35. The Labute approximate surface area is 124 Å². The van der Waals surface area contributed by atoms with Crippen molar-refractivity contribution >= 4 is 46.7 Å². The normalized spacial score (nSPS) is 10.2. The van der Waals surface area contributed by atoms with Crippen LogP contribution in [0.3, 0.4) is 0 Å². The molecule has 0 saturated carbocycles. The van der Waals surface area contributed by atoms with E-state index in [-0.39, 0.29) is 0 Å². The van der Waals surface area contributed by atoms with Crippen molar-refractivity contribution < 1.29 is 9.03 Å². The van der Waals surface area contributed by atoms with Gasteiger partial charge in [-0.2, -0.15) is 0 Å². The molecule has 0 unspecified atom stereocenters. The summed E-state index contributed by atoms with van der Waals surface area (Å²) in [7, 11) is 0. The highest BCUT2D eigenvalue weighted by Crippen LogP contribution is 2.37. The third-order valence-electron chi connectivity index (χ3n) is 2.10. The van der Waals surface area contributed by atoms with E-state index in [0.29, 0.717) is 32.3 Å². The van der Waals surface area contributed by atoms with Crippen LogP contribution in [0, 0.1) is 0 Å². The molecule has 0 aliphatic heterocycles. The van der Waals surface area contributed by atoms with Gasteiger partial charge < -0.3 is 9.03 Å². The molecule has 0 fully saturated rings. The molecule has 0 radical (unpaired) electrons. The van der Waals surface area contributed by atoms with Gasteiger partial charge in [0.05, 0.1) is 5.02 Å². The first-order valence-electron chi connectivity index (χ1n) is 4.81. The molecule has 0 heterocycles. The van der Waals surface area contributed by atoms with Crippen LogP contribution in [0.25, 0.3) is 0 Å². The molecule has 2 rings (SSSR count). The fourth-order valence-electron chi connectivity index (χ4n) is 1.30. The molecule has 0 aromatic heterocycles.